The predicted molar refractivity (Wildman–Crippen MR) is 539 cm³/mol. The number of benzene rings is 21. The van der Waals surface area contributed by atoms with Crippen molar-refractivity contribution in [3.8, 4) is 136 Å². The Morgan fingerprint density at radius 3 is 0.854 bits per heavy atom. The Kier molecular flexibility index (Phi) is 17.6. The van der Waals surface area contributed by atoms with Crippen molar-refractivity contribution < 1.29 is 0 Å². The van der Waals surface area contributed by atoms with Gasteiger partial charge in [-0.05, 0) is 265 Å². The number of nitriles is 2. The predicted octanol–water partition coefficient (Wildman–Crippen LogP) is 31.7. The van der Waals surface area contributed by atoms with Crippen LogP contribution in [0, 0.1) is 22.7 Å². The number of rotatable bonds is 12. The maximum Gasteiger partial charge on any atom is 0.161 e. The molecule has 0 aliphatic carbocycles. The first-order valence-electron chi connectivity index (χ1n) is 43.9. The van der Waals surface area contributed by atoms with E-state index in [1.54, 1.807) is 0 Å². The van der Waals surface area contributed by atoms with E-state index in [9.17, 15) is 10.5 Å². The summed E-state index contributed by atoms with van der Waals surface area (Å²) in [5.74, 6) is 0.700. The molecule has 0 aliphatic heterocycles. The molecule has 0 bridgehead atoms. The SMILES string of the molecule is N#Cc1ccc2c3c1ccc1c(-c4ccc(-c5cc6c7ccccc7c(-c7cc(-c8ccccn8)cc(-c8ccccn8)c7)cc6c6ccccc56)cc4)ccc(c13)n2-c1ccccc1.N#Cc1ccc2c3c1ccc1c(-c4ccc(-c5cc6c7ccccc7c(-c7nc(-c8ccccc8)cc(-c8ccccc8)n7)cc6c6ccccc56)cc4)ccc(c13)n2-c1ccccc1. The van der Waals surface area contributed by atoms with E-state index in [2.05, 4.69) is 385 Å². The van der Waals surface area contributed by atoms with Crippen molar-refractivity contribution >= 4 is 130 Å². The monoisotopic (exact) mass is 1650 g/mol. The molecule has 0 atom stereocenters. The molecule has 0 aliphatic rings. The van der Waals surface area contributed by atoms with Gasteiger partial charge in [0.05, 0.1) is 68.1 Å². The summed E-state index contributed by atoms with van der Waals surface area (Å²) in [6.45, 7) is 0. The van der Waals surface area contributed by atoms with Gasteiger partial charge in [-0.15, -0.1) is 0 Å². The van der Waals surface area contributed by atoms with E-state index in [-0.39, 0.29) is 0 Å². The minimum Gasteiger partial charge on any atom is -0.309 e. The summed E-state index contributed by atoms with van der Waals surface area (Å²) in [7, 11) is 0. The number of fused-ring (bicyclic) bond motifs is 10. The fraction of sp³-hybridized carbons (Fsp3) is 0. The first-order valence-corrected chi connectivity index (χ1v) is 43.9. The average Bonchev–Trinajstić information content (AvgIpc) is 1.27. The van der Waals surface area contributed by atoms with Crippen LogP contribution >= 0.6 is 0 Å². The lowest BCUT2D eigenvalue weighted by molar-refractivity contribution is 1.18. The minimum absolute atomic E-state index is 0.690. The first-order chi connectivity index (χ1) is 64.4. The van der Waals surface area contributed by atoms with Gasteiger partial charge in [0, 0.05) is 83.9 Å². The summed E-state index contributed by atoms with van der Waals surface area (Å²) >= 11 is 0. The summed E-state index contributed by atoms with van der Waals surface area (Å²) in [4.78, 5) is 20.0. The molecule has 0 saturated heterocycles. The molecule has 0 unspecified atom stereocenters. The number of aromatic nitrogens is 6. The zero-order chi connectivity index (χ0) is 86.0. The largest absolute Gasteiger partial charge is 0.309 e. The van der Waals surface area contributed by atoms with Crippen LogP contribution in [-0.2, 0) is 0 Å². The quantitative estimate of drug-likeness (QED) is 0.113. The maximum absolute atomic E-state index is 10.1. The standard InChI is InChI=1S/2C61H36N4/c62-37-42-28-32-57-59-45(42)29-30-50-44(31-33-58(60(50)59)65(57)43-18-8-3-9-19-43)38-24-26-39(27-25-38)51-34-52-48-22-12-13-23-49(48)54(35-53(52)47-21-11-10-20-46(47)51)61-63-55(40-14-4-1-5-15-40)36-56(64-61)41-16-6-2-7-17-41;62-37-40-24-28-58-60-46(40)25-26-51-45(27-29-59(61(51)60)65(58)44-12-2-1-3-13-44)38-20-22-39(23-21-38)52-35-54-50-17-7-5-15-48(50)53(36-55(54)49-16-6-4-14-47(49)52)41-32-42(56-18-8-10-30-63-56)34-43(33-41)57-19-9-11-31-64-57/h2*1-36H. The van der Waals surface area contributed by atoms with E-state index in [4.69, 9.17) is 19.9 Å². The molecule has 0 saturated carbocycles. The van der Waals surface area contributed by atoms with Gasteiger partial charge in [0.1, 0.15) is 0 Å². The summed E-state index contributed by atoms with van der Waals surface area (Å²) in [5.41, 5.74) is 28.5. The Morgan fingerprint density at radius 1 is 0.185 bits per heavy atom. The lowest BCUT2D eigenvalue weighted by Crippen LogP contribution is -1.97. The Hall–Kier alpha value is -17.8. The van der Waals surface area contributed by atoms with Gasteiger partial charge in [-0.2, -0.15) is 10.5 Å². The van der Waals surface area contributed by atoms with Gasteiger partial charge in [0.25, 0.3) is 0 Å². The normalized spacial score (nSPS) is 11.7. The highest BCUT2D eigenvalue weighted by atomic mass is 15.0. The fourth-order valence-electron chi connectivity index (χ4n) is 20.6. The molecule has 5 heterocycles. The van der Waals surface area contributed by atoms with Crippen LogP contribution in [0.25, 0.3) is 253 Å². The van der Waals surface area contributed by atoms with Crippen LogP contribution in [0.3, 0.4) is 0 Å². The number of hydrogen-bond donors (Lipinski definition) is 0. The van der Waals surface area contributed by atoms with E-state index in [0.717, 1.165) is 155 Å². The molecule has 130 heavy (non-hydrogen) atoms. The molecule has 26 aromatic rings. The molecule has 0 N–H and O–H groups in total. The third-order valence-corrected chi connectivity index (χ3v) is 26.5. The lowest BCUT2D eigenvalue weighted by atomic mass is 9.86. The summed E-state index contributed by atoms with van der Waals surface area (Å²) in [5, 5.41) is 43.4. The number of hydrogen-bond acceptors (Lipinski definition) is 6. The Bertz CT molecular complexity index is 8490. The van der Waals surface area contributed by atoms with Crippen LogP contribution in [0.4, 0.5) is 0 Å². The summed E-state index contributed by atoms with van der Waals surface area (Å²) < 4.78 is 4.65. The molecule has 0 fully saturated rings. The highest BCUT2D eigenvalue weighted by Gasteiger charge is 2.26. The molecule has 600 valence electrons. The van der Waals surface area contributed by atoms with E-state index in [1.165, 1.54) is 92.3 Å². The van der Waals surface area contributed by atoms with Crippen LogP contribution in [0.5, 0.6) is 0 Å². The second-order valence-corrected chi connectivity index (χ2v) is 33.6. The number of nitrogens with zero attached hydrogens (tertiary/aromatic N) is 8. The second-order valence-electron chi connectivity index (χ2n) is 33.6. The molecule has 5 aromatic heterocycles. The van der Waals surface area contributed by atoms with Gasteiger partial charge < -0.3 is 9.13 Å². The van der Waals surface area contributed by atoms with Crippen molar-refractivity contribution in [3.05, 3.63) is 448 Å². The van der Waals surface area contributed by atoms with Gasteiger partial charge in [-0.1, -0.05) is 291 Å². The molecule has 0 radical (unpaired) electrons. The molecular weight excluding hydrogens is 1580 g/mol. The van der Waals surface area contributed by atoms with Crippen LogP contribution in [0.2, 0.25) is 0 Å². The van der Waals surface area contributed by atoms with Crippen molar-refractivity contribution in [3.63, 3.8) is 0 Å². The van der Waals surface area contributed by atoms with Crippen molar-refractivity contribution in [1.82, 2.24) is 29.1 Å². The van der Waals surface area contributed by atoms with Gasteiger partial charge in [-0.3, -0.25) is 9.97 Å². The van der Waals surface area contributed by atoms with Crippen molar-refractivity contribution in [2.45, 2.75) is 0 Å². The Morgan fingerprint density at radius 2 is 0.485 bits per heavy atom. The van der Waals surface area contributed by atoms with E-state index >= 15 is 0 Å². The zero-order valence-electron chi connectivity index (χ0n) is 70.1. The van der Waals surface area contributed by atoms with Gasteiger partial charge in [0.15, 0.2) is 5.82 Å². The molecule has 8 nitrogen and oxygen atoms in total. The summed E-state index contributed by atoms with van der Waals surface area (Å²) in [6.07, 6.45) is 3.71. The highest BCUT2D eigenvalue weighted by Crippen LogP contribution is 2.50. The minimum atomic E-state index is 0.690. The highest BCUT2D eigenvalue weighted by molar-refractivity contribution is 6.31. The van der Waals surface area contributed by atoms with Crippen molar-refractivity contribution in [1.29, 1.82) is 10.5 Å². The average molecular weight is 1650 g/mol. The van der Waals surface area contributed by atoms with Crippen LogP contribution in [0.1, 0.15) is 11.1 Å². The second kappa shape index (κ2) is 30.6. The van der Waals surface area contributed by atoms with Gasteiger partial charge >= 0.3 is 0 Å². The maximum atomic E-state index is 10.1. The Balaban J connectivity index is 0.000000140. The number of para-hydroxylation sites is 2. The van der Waals surface area contributed by atoms with Crippen LogP contribution in [-0.4, -0.2) is 29.1 Å². The molecular formula is C122H72N8. The van der Waals surface area contributed by atoms with Gasteiger partial charge in [0.2, 0.25) is 0 Å². The smallest absolute Gasteiger partial charge is 0.161 e. The van der Waals surface area contributed by atoms with E-state index in [1.807, 2.05) is 73.1 Å². The van der Waals surface area contributed by atoms with E-state index in [0.29, 0.717) is 17.0 Å². The van der Waals surface area contributed by atoms with Crippen molar-refractivity contribution in [2.24, 2.45) is 0 Å². The topological polar surface area (TPSA) is 109 Å². The van der Waals surface area contributed by atoms with E-state index < -0.39 is 0 Å². The molecule has 0 amide bonds. The van der Waals surface area contributed by atoms with Crippen LogP contribution < -0.4 is 0 Å². The molecule has 21 aromatic carbocycles. The Labute approximate surface area is 748 Å². The molecule has 0 spiro atoms. The molecule has 8 heteroatoms. The third kappa shape index (κ3) is 12.2. The first kappa shape index (κ1) is 74.8. The van der Waals surface area contributed by atoms with Gasteiger partial charge in [-0.25, -0.2) is 9.97 Å². The lowest BCUT2D eigenvalue weighted by Gasteiger charge is -2.17. The molecule has 26 rings (SSSR count). The zero-order valence-corrected chi connectivity index (χ0v) is 70.1. The van der Waals surface area contributed by atoms with Crippen molar-refractivity contribution in [2.75, 3.05) is 0 Å². The summed E-state index contributed by atoms with van der Waals surface area (Å²) in [6, 6.07) is 156. The number of pyridine rings is 2. The third-order valence-electron chi connectivity index (χ3n) is 26.5. The fourth-order valence-corrected chi connectivity index (χ4v) is 20.6. The van der Waals surface area contributed by atoms with Crippen LogP contribution in [0.15, 0.2) is 437 Å².